The smallest absolute Gasteiger partial charge is 0.277 e. The summed E-state index contributed by atoms with van der Waals surface area (Å²) in [6.45, 7) is 0.207. The fourth-order valence-electron chi connectivity index (χ4n) is 2.49. The van der Waals surface area contributed by atoms with E-state index < -0.39 is 0 Å². The van der Waals surface area contributed by atoms with Crippen molar-refractivity contribution in [1.29, 1.82) is 0 Å². The highest BCUT2D eigenvalue weighted by Crippen LogP contribution is 2.20. The topological polar surface area (TPSA) is 68.5 Å². The Hall–Kier alpha value is -2.87. The summed E-state index contributed by atoms with van der Waals surface area (Å²) >= 11 is 1.16. The summed E-state index contributed by atoms with van der Waals surface area (Å²) in [7, 11) is 3.25. The highest BCUT2D eigenvalue weighted by molar-refractivity contribution is 7.99. The van der Waals surface area contributed by atoms with Crippen LogP contribution in [-0.2, 0) is 17.8 Å². The molecule has 0 fully saturated rings. The number of benzene rings is 2. The molecule has 146 valence electrons. The van der Waals surface area contributed by atoms with E-state index >= 15 is 0 Å². The Bertz CT molecular complexity index is 930. The molecule has 0 radical (unpaired) electrons. The molecular weight excluding hydrogens is 381 g/mol. The Morgan fingerprint density at radius 1 is 1.18 bits per heavy atom. The minimum Gasteiger partial charge on any atom is -0.497 e. The Morgan fingerprint density at radius 3 is 2.64 bits per heavy atom. The van der Waals surface area contributed by atoms with Gasteiger partial charge in [-0.2, -0.15) is 0 Å². The Morgan fingerprint density at radius 2 is 1.93 bits per heavy atom. The zero-order chi connectivity index (χ0) is 19.9. The molecule has 0 aliphatic carbocycles. The number of carbonyl (C=O) groups excluding carboxylic acids is 1. The molecule has 0 N–H and O–H groups in total. The molecule has 0 aliphatic heterocycles. The number of methoxy groups -OCH3 is 1. The van der Waals surface area contributed by atoms with Gasteiger partial charge in [0.2, 0.25) is 11.8 Å². The molecule has 0 aliphatic rings. The maximum Gasteiger partial charge on any atom is 0.277 e. The summed E-state index contributed by atoms with van der Waals surface area (Å²) < 4.78 is 24.4. The van der Waals surface area contributed by atoms with Crippen molar-refractivity contribution in [2.45, 2.75) is 18.2 Å². The van der Waals surface area contributed by atoms with Gasteiger partial charge in [0.15, 0.2) is 0 Å². The van der Waals surface area contributed by atoms with Gasteiger partial charge < -0.3 is 14.1 Å². The molecule has 3 rings (SSSR count). The van der Waals surface area contributed by atoms with Crippen LogP contribution in [0.5, 0.6) is 5.75 Å². The van der Waals surface area contributed by atoms with Gasteiger partial charge >= 0.3 is 0 Å². The highest BCUT2D eigenvalue weighted by atomic mass is 32.2. The maximum absolute atomic E-state index is 13.7. The monoisotopic (exact) mass is 401 g/mol. The van der Waals surface area contributed by atoms with Crippen LogP contribution in [0.25, 0.3) is 0 Å². The Labute approximate surface area is 166 Å². The Kier molecular flexibility index (Phi) is 6.65. The minimum atomic E-state index is -0.324. The van der Waals surface area contributed by atoms with Crippen molar-refractivity contribution in [2.75, 3.05) is 19.9 Å². The molecule has 6 nitrogen and oxygen atoms in total. The van der Waals surface area contributed by atoms with Crippen LogP contribution in [0.4, 0.5) is 4.39 Å². The molecule has 3 aromatic rings. The number of hydrogen-bond donors (Lipinski definition) is 0. The molecule has 28 heavy (non-hydrogen) atoms. The molecule has 1 amide bonds. The van der Waals surface area contributed by atoms with E-state index in [1.54, 1.807) is 32.4 Å². The maximum atomic E-state index is 13.7. The molecule has 0 spiro atoms. The number of ether oxygens (including phenoxy) is 1. The lowest BCUT2D eigenvalue weighted by Crippen LogP contribution is -2.28. The van der Waals surface area contributed by atoms with Crippen molar-refractivity contribution in [1.82, 2.24) is 15.1 Å². The zero-order valence-electron chi connectivity index (χ0n) is 15.6. The summed E-state index contributed by atoms with van der Waals surface area (Å²) in [5.41, 5.74) is 1.49. The summed E-state index contributed by atoms with van der Waals surface area (Å²) in [5.74, 6) is 0.913. The number of aromatic nitrogens is 2. The van der Waals surface area contributed by atoms with E-state index in [0.29, 0.717) is 23.1 Å². The number of carbonyl (C=O) groups is 1. The third-order valence-corrected chi connectivity index (χ3v) is 4.88. The Balaban J connectivity index is 1.50. The van der Waals surface area contributed by atoms with Crippen molar-refractivity contribution in [3.8, 4) is 5.75 Å². The van der Waals surface area contributed by atoms with E-state index in [4.69, 9.17) is 9.15 Å². The first kappa shape index (κ1) is 19.9. The quantitative estimate of drug-likeness (QED) is 0.538. The first-order valence-electron chi connectivity index (χ1n) is 8.60. The third-order valence-electron chi connectivity index (χ3n) is 4.07. The fraction of sp³-hybridized carbons (Fsp3) is 0.250. The van der Waals surface area contributed by atoms with Gasteiger partial charge in [-0.05, 0) is 23.8 Å². The second kappa shape index (κ2) is 9.36. The minimum absolute atomic E-state index is 0.134. The average Bonchev–Trinajstić information content (AvgIpc) is 3.15. The number of thioether (sulfide) groups is 1. The first-order valence-corrected chi connectivity index (χ1v) is 9.59. The van der Waals surface area contributed by atoms with E-state index in [-0.39, 0.29) is 24.0 Å². The summed E-state index contributed by atoms with van der Waals surface area (Å²) in [5, 5.41) is 8.31. The predicted molar refractivity (Wildman–Crippen MR) is 104 cm³/mol. The van der Waals surface area contributed by atoms with Crippen LogP contribution in [-0.4, -0.2) is 40.9 Å². The van der Waals surface area contributed by atoms with Crippen LogP contribution in [0, 0.1) is 5.82 Å². The van der Waals surface area contributed by atoms with Crippen molar-refractivity contribution in [2.24, 2.45) is 0 Å². The summed E-state index contributed by atoms with van der Waals surface area (Å²) in [6, 6.07) is 14.0. The normalized spacial score (nSPS) is 10.7. The van der Waals surface area contributed by atoms with E-state index in [9.17, 15) is 9.18 Å². The molecule has 1 aromatic heterocycles. The molecule has 0 atom stereocenters. The summed E-state index contributed by atoms with van der Waals surface area (Å²) in [6.07, 6.45) is 0.499. The van der Waals surface area contributed by atoms with Gasteiger partial charge in [-0.3, -0.25) is 4.79 Å². The summed E-state index contributed by atoms with van der Waals surface area (Å²) in [4.78, 5) is 13.7. The van der Waals surface area contributed by atoms with Gasteiger partial charge in [0.05, 0.1) is 19.3 Å². The largest absolute Gasteiger partial charge is 0.497 e. The first-order chi connectivity index (χ1) is 13.5. The molecule has 1 heterocycles. The van der Waals surface area contributed by atoms with Crippen molar-refractivity contribution in [3.63, 3.8) is 0 Å². The zero-order valence-corrected chi connectivity index (χ0v) is 16.4. The van der Waals surface area contributed by atoms with Gasteiger partial charge in [0.1, 0.15) is 11.6 Å². The van der Waals surface area contributed by atoms with E-state index in [1.807, 2.05) is 24.3 Å². The number of rotatable bonds is 8. The van der Waals surface area contributed by atoms with Crippen LogP contribution in [0.3, 0.4) is 0 Å². The number of halogens is 1. The van der Waals surface area contributed by atoms with Crippen molar-refractivity contribution in [3.05, 3.63) is 71.4 Å². The van der Waals surface area contributed by atoms with Crippen LogP contribution in [0.15, 0.2) is 58.2 Å². The van der Waals surface area contributed by atoms with Crippen LogP contribution >= 0.6 is 11.8 Å². The van der Waals surface area contributed by atoms with Crippen molar-refractivity contribution < 1.29 is 18.3 Å². The van der Waals surface area contributed by atoms with Gasteiger partial charge in [0.25, 0.3) is 5.22 Å². The molecule has 0 saturated heterocycles. The predicted octanol–water partition coefficient (Wildman–Crippen LogP) is 3.56. The van der Waals surface area contributed by atoms with Gasteiger partial charge in [0, 0.05) is 19.2 Å². The van der Waals surface area contributed by atoms with Crippen molar-refractivity contribution >= 4 is 17.7 Å². The van der Waals surface area contributed by atoms with E-state index in [2.05, 4.69) is 10.2 Å². The number of hydrogen-bond acceptors (Lipinski definition) is 6. The van der Waals surface area contributed by atoms with Crippen LogP contribution in [0.2, 0.25) is 0 Å². The third kappa shape index (κ3) is 5.32. The standard InChI is InChI=1S/C20H20FN3O3S/c1-24(12-15-5-3-4-6-17(15)21)19(25)13-28-20-23-22-18(27-20)11-14-7-9-16(26-2)10-8-14/h3-10H,11-13H2,1-2H3. The van der Waals surface area contributed by atoms with E-state index in [0.717, 1.165) is 23.1 Å². The SMILES string of the molecule is COc1ccc(Cc2nnc(SCC(=O)N(C)Cc3ccccc3F)o2)cc1. The molecule has 0 bridgehead atoms. The lowest BCUT2D eigenvalue weighted by atomic mass is 10.1. The lowest BCUT2D eigenvalue weighted by molar-refractivity contribution is -0.127. The molecule has 8 heteroatoms. The van der Waals surface area contributed by atoms with Gasteiger partial charge in [-0.1, -0.05) is 42.1 Å². The number of nitrogens with zero attached hydrogens (tertiary/aromatic N) is 3. The molecular formula is C20H20FN3O3S. The van der Waals surface area contributed by atoms with Crippen LogP contribution in [0.1, 0.15) is 17.0 Å². The second-order valence-electron chi connectivity index (χ2n) is 6.12. The molecule has 2 aromatic carbocycles. The fourth-order valence-corrected chi connectivity index (χ4v) is 3.21. The van der Waals surface area contributed by atoms with Crippen LogP contribution < -0.4 is 4.74 Å². The molecule has 0 saturated carbocycles. The highest BCUT2D eigenvalue weighted by Gasteiger charge is 2.15. The lowest BCUT2D eigenvalue weighted by Gasteiger charge is -2.16. The van der Waals surface area contributed by atoms with E-state index in [1.165, 1.54) is 11.0 Å². The molecule has 0 unspecified atom stereocenters. The van der Waals surface area contributed by atoms with Gasteiger partial charge in [-0.15, -0.1) is 10.2 Å². The average molecular weight is 401 g/mol. The van der Waals surface area contributed by atoms with Gasteiger partial charge in [-0.25, -0.2) is 4.39 Å². The number of amides is 1. The second-order valence-corrected chi connectivity index (χ2v) is 7.04.